The molecule has 0 saturated carbocycles. The molecule has 0 fully saturated rings. The molecule has 9 aromatic rings. The van der Waals surface area contributed by atoms with Gasteiger partial charge in [0.1, 0.15) is 11.2 Å². The molecule has 11 rings (SSSR count). The van der Waals surface area contributed by atoms with Crippen LogP contribution in [0, 0.1) is 6.92 Å². The number of nitrogens with zero attached hydrogens (tertiary/aromatic N) is 2. The minimum Gasteiger partial charge on any atom is -0.456 e. The van der Waals surface area contributed by atoms with Crippen molar-refractivity contribution >= 4 is 88.9 Å². The molecule has 4 heterocycles. The van der Waals surface area contributed by atoms with Gasteiger partial charge in [0.15, 0.2) is 0 Å². The SMILES string of the molecule is Cc1cc2c3c(c1)N(c1ccc(C(C)(C)C)cc1-c1ccccc1)c1c(sc4ccccc14)B3N(c1ccc(C(C)(C)C)cc1)c1c-2ccc2oc3ccccc3c12. The lowest BCUT2D eigenvalue weighted by atomic mass is 9.46. The molecule has 2 aliphatic heterocycles. The van der Waals surface area contributed by atoms with E-state index < -0.39 is 0 Å². The summed E-state index contributed by atoms with van der Waals surface area (Å²) in [6, 6.07) is 54.4. The maximum absolute atomic E-state index is 6.63. The average Bonchev–Trinajstić information content (AvgIpc) is 3.79. The Bertz CT molecular complexity index is 3110. The van der Waals surface area contributed by atoms with Gasteiger partial charge in [-0.25, -0.2) is 0 Å². The first-order valence-corrected chi connectivity index (χ1v) is 21.3. The first-order chi connectivity index (χ1) is 28.0. The average molecular weight is 769 g/mol. The van der Waals surface area contributed by atoms with Gasteiger partial charge in [-0.15, -0.1) is 11.3 Å². The molecule has 282 valence electrons. The Hall–Kier alpha value is -6.04. The molecule has 0 unspecified atom stereocenters. The highest BCUT2D eigenvalue weighted by atomic mass is 32.1. The molecule has 0 atom stereocenters. The second kappa shape index (κ2) is 12.5. The smallest absolute Gasteiger partial charge is 0.343 e. The summed E-state index contributed by atoms with van der Waals surface area (Å²) in [6.45, 7) is 16.0. The van der Waals surface area contributed by atoms with Crippen molar-refractivity contribution in [1.82, 2.24) is 0 Å². The van der Waals surface area contributed by atoms with Crippen molar-refractivity contribution in [3.63, 3.8) is 0 Å². The lowest BCUT2D eigenvalue weighted by Gasteiger charge is -2.45. The van der Waals surface area contributed by atoms with Crippen molar-refractivity contribution in [2.45, 2.75) is 59.3 Å². The number of rotatable bonds is 3. The minimum absolute atomic E-state index is 0.00681. The molecule has 58 heavy (non-hydrogen) atoms. The number of anilines is 5. The molecule has 7 aromatic carbocycles. The predicted octanol–water partition coefficient (Wildman–Crippen LogP) is 14.1. The molecule has 0 bridgehead atoms. The van der Waals surface area contributed by atoms with Crippen molar-refractivity contribution in [2.75, 3.05) is 9.71 Å². The summed E-state index contributed by atoms with van der Waals surface area (Å²) in [6.07, 6.45) is 0. The monoisotopic (exact) mass is 768 g/mol. The highest BCUT2D eigenvalue weighted by molar-refractivity contribution is 7.32. The zero-order valence-corrected chi connectivity index (χ0v) is 35.0. The molecule has 2 aliphatic rings. The van der Waals surface area contributed by atoms with Gasteiger partial charge in [0.25, 0.3) is 0 Å². The Morgan fingerprint density at radius 1 is 0.552 bits per heavy atom. The van der Waals surface area contributed by atoms with Gasteiger partial charge in [0, 0.05) is 48.4 Å². The van der Waals surface area contributed by atoms with Gasteiger partial charge in [-0.05, 0) is 106 Å². The van der Waals surface area contributed by atoms with Crippen LogP contribution >= 0.6 is 11.3 Å². The van der Waals surface area contributed by atoms with E-state index >= 15 is 0 Å². The van der Waals surface area contributed by atoms with Crippen LogP contribution in [0.5, 0.6) is 0 Å². The fraction of sp³-hybridized carbons (Fsp3) is 0.170. The van der Waals surface area contributed by atoms with Crippen LogP contribution in [0.15, 0.2) is 150 Å². The minimum atomic E-state index is -0.0875. The van der Waals surface area contributed by atoms with E-state index in [0.29, 0.717) is 0 Å². The summed E-state index contributed by atoms with van der Waals surface area (Å²) in [5.74, 6) is 0. The highest BCUT2D eigenvalue weighted by Gasteiger charge is 2.48. The van der Waals surface area contributed by atoms with E-state index in [-0.39, 0.29) is 17.7 Å². The highest BCUT2D eigenvalue weighted by Crippen LogP contribution is 2.54. The number of fused-ring (bicyclic) bond motifs is 10. The summed E-state index contributed by atoms with van der Waals surface area (Å²) in [4.78, 5) is 5.27. The summed E-state index contributed by atoms with van der Waals surface area (Å²) in [7, 11) is 0. The normalized spacial score (nSPS) is 13.7. The summed E-state index contributed by atoms with van der Waals surface area (Å²) in [5, 5.41) is 3.58. The van der Waals surface area contributed by atoms with Crippen molar-refractivity contribution in [3.05, 3.63) is 162 Å². The number of hydrogen-bond donors (Lipinski definition) is 0. The Labute approximate surface area is 345 Å². The van der Waals surface area contributed by atoms with Crippen molar-refractivity contribution in [2.24, 2.45) is 0 Å². The van der Waals surface area contributed by atoms with E-state index in [9.17, 15) is 0 Å². The van der Waals surface area contributed by atoms with Crippen LogP contribution in [0.3, 0.4) is 0 Å². The number of hydrogen-bond acceptors (Lipinski definition) is 4. The quantitative estimate of drug-likeness (QED) is 0.167. The molecule has 3 nitrogen and oxygen atoms in total. The predicted molar refractivity (Wildman–Crippen MR) is 250 cm³/mol. The Balaban J connectivity index is 1.29. The summed E-state index contributed by atoms with van der Waals surface area (Å²) < 4.78 is 9.26. The van der Waals surface area contributed by atoms with Crippen LogP contribution in [-0.4, -0.2) is 6.85 Å². The molecular formula is C53H45BN2OS. The standard InChI is InChI=1S/C53H45BN2OS/c1-32-29-41-37-26-28-45-47(38-17-11-13-19-44(38)57-45)49(37)56(36-24-21-34(22-25-36)52(2,3)4)54-48(41)43(30-32)55(50-39-18-12-14-20-46(39)58-51(50)54)42-27-23-35(53(5,6)7)31-40(42)33-15-9-8-10-16-33/h8-31H,1-7H3. The number of para-hydroxylation sites is 1. The second-order valence-corrected chi connectivity index (χ2v) is 19.3. The maximum atomic E-state index is 6.63. The third-order valence-corrected chi connectivity index (χ3v) is 13.6. The second-order valence-electron chi connectivity index (χ2n) is 18.2. The van der Waals surface area contributed by atoms with Gasteiger partial charge in [-0.2, -0.15) is 0 Å². The zero-order chi connectivity index (χ0) is 39.7. The van der Waals surface area contributed by atoms with Crippen LogP contribution in [0.4, 0.5) is 28.4 Å². The number of benzene rings is 7. The number of furan rings is 1. The molecule has 0 saturated heterocycles. The first-order valence-electron chi connectivity index (χ1n) is 20.5. The van der Waals surface area contributed by atoms with Gasteiger partial charge in [-0.1, -0.05) is 133 Å². The number of aryl methyl sites for hydroxylation is 1. The van der Waals surface area contributed by atoms with Gasteiger partial charge < -0.3 is 14.1 Å². The molecule has 0 spiro atoms. The zero-order valence-electron chi connectivity index (χ0n) is 34.1. The number of thiophene rings is 1. The fourth-order valence-electron chi connectivity index (χ4n) is 9.53. The lowest BCUT2D eigenvalue weighted by molar-refractivity contribution is 0.590. The van der Waals surface area contributed by atoms with E-state index in [1.165, 1.54) is 87.7 Å². The molecule has 2 aromatic heterocycles. The molecule has 5 heteroatoms. The van der Waals surface area contributed by atoms with Crippen LogP contribution in [0.2, 0.25) is 0 Å². The van der Waals surface area contributed by atoms with E-state index in [1.807, 2.05) is 11.3 Å². The topological polar surface area (TPSA) is 19.6 Å². The molecule has 0 radical (unpaired) electrons. The Kier molecular flexibility index (Phi) is 7.56. The third kappa shape index (κ3) is 5.19. The van der Waals surface area contributed by atoms with Gasteiger partial charge in [0.2, 0.25) is 0 Å². The van der Waals surface area contributed by atoms with Crippen LogP contribution in [0.1, 0.15) is 58.2 Å². The van der Waals surface area contributed by atoms with Crippen LogP contribution < -0.4 is 20.0 Å². The van der Waals surface area contributed by atoms with Gasteiger partial charge in [-0.3, -0.25) is 0 Å². The maximum Gasteiger partial charge on any atom is 0.343 e. The first kappa shape index (κ1) is 35.2. The molecule has 0 amide bonds. The molecular weight excluding hydrogens is 723 g/mol. The van der Waals surface area contributed by atoms with Gasteiger partial charge in [0.05, 0.1) is 16.8 Å². The van der Waals surface area contributed by atoms with E-state index in [2.05, 4.69) is 204 Å². The summed E-state index contributed by atoms with van der Waals surface area (Å²) in [5.41, 5.74) is 18.1. The Morgan fingerprint density at radius 2 is 1.24 bits per heavy atom. The molecule has 0 N–H and O–H groups in total. The van der Waals surface area contributed by atoms with Crippen molar-refractivity contribution in [3.8, 4) is 22.3 Å². The third-order valence-electron chi connectivity index (χ3n) is 12.4. The molecule has 0 aliphatic carbocycles. The summed E-state index contributed by atoms with van der Waals surface area (Å²) >= 11 is 1.94. The van der Waals surface area contributed by atoms with Crippen molar-refractivity contribution < 1.29 is 4.42 Å². The fourth-order valence-corrected chi connectivity index (χ4v) is 10.8. The van der Waals surface area contributed by atoms with Crippen LogP contribution in [0.25, 0.3) is 54.3 Å². The van der Waals surface area contributed by atoms with E-state index in [1.54, 1.807) is 0 Å². The Morgan fingerprint density at radius 3 is 2.00 bits per heavy atom. The van der Waals surface area contributed by atoms with E-state index in [0.717, 1.165) is 21.9 Å². The van der Waals surface area contributed by atoms with Crippen molar-refractivity contribution in [1.29, 1.82) is 0 Å². The lowest BCUT2D eigenvalue weighted by Crippen LogP contribution is -2.60. The largest absolute Gasteiger partial charge is 0.456 e. The van der Waals surface area contributed by atoms with E-state index in [4.69, 9.17) is 4.42 Å². The van der Waals surface area contributed by atoms with Crippen LogP contribution in [-0.2, 0) is 10.8 Å². The van der Waals surface area contributed by atoms with Gasteiger partial charge >= 0.3 is 6.85 Å².